The second-order valence-corrected chi connectivity index (χ2v) is 7.87. The highest BCUT2D eigenvalue weighted by atomic mass is 32.2. The number of hydrogen-bond donors (Lipinski definition) is 1. The van der Waals surface area contributed by atoms with Crippen LogP contribution in [-0.4, -0.2) is 28.0 Å². The maximum absolute atomic E-state index is 12.8. The van der Waals surface area contributed by atoms with Gasteiger partial charge in [-0.15, -0.1) is 0 Å². The summed E-state index contributed by atoms with van der Waals surface area (Å²) >= 11 is 0. The number of hydrogen-bond acceptors (Lipinski definition) is 4. The predicted molar refractivity (Wildman–Crippen MR) is 105 cm³/mol. The Hall–Kier alpha value is -3.06. The molecule has 3 aromatic carbocycles. The third kappa shape index (κ3) is 2.71. The Morgan fingerprint density at radius 3 is 2.44 bits per heavy atom. The summed E-state index contributed by atoms with van der Waals surface area (Å²) in [5, 5.41) is 1.48. The van der Waals surface area contributed by atoms with Crippen molar-refractivity contribution in [2.24, 2.45) is 0 Å². The van der Waals surface area contributed by atoms with Crippen molar-refractivity contribution in [1.82, 2.24) is 0 Å². The molecule has 6 nitrogen and oxygen atoms in total. The monoisotopic (exact) mass is 382 g/mol. The van der Waals surface area contributed by atoms with E-state index in [9.17, 15) is 13.2 Å². The van der Waals surface area contributed by atoms with Crippen LogP contribution in [0.2, 0.25) is 0 Å². The summed E-state index contributed by atoms with van der Waals surface area (Å²) in [5.41, 5.74) is 1.84. The van der Waals surface area contributed by atoms with Crippen molar-refractivity contribution in [2.75, 3.05) is 23.3 Å². The molecule has 7 heteroatoms. The SMILES string of the molecule is CCN1C(=O)c2cccc3c(NS(=O)(=O)c4ccc(OC)cc4)ccc1c23. The van der Waals surface area contributed by atoms with Crippen LogP contribution >= 0.6 is 0 Å². The van der Waals surface area contributed by atoms with Crippen LogP contribution in [0.15, 0.2) is 59.5 Å². The number of anilines is 2. The molecule has 1 aliphatic rings. The zero-order chi connectivity index (χ0) is 19.2. The Labute approximate surface area is 157 Å². The first-order chi connectivity index (χ1) is 13.0. The Balaban J connectivity index is 1.80. The number of nitrogens with zero attached hydrogens (tertiary/aromatic N) is 1. The molecule has 4 rings (SSSR count). The van der Waals surface area contributed by atoms with Gasteiger partial charge in [-0.25, -0.2) is 8.42 Å². The number of carbonyl (C=O) groups excluding carboxylic acids is 1. The molecular formula is C20H18N2O4S. The predicted octanol–water partition coefficient (Wildman–Crippen LogP) is 3.63. The zero-order valence-corrected chi connectivity index (χ0v) is 15.7. The second kappa shape index (κ2) is 6.28. The summed E-state index contributed by atoms with van der Waals surface area (Å²) < 4.78 is 33.3. The molecule has 0 saturated heterocycles. The molecule has 0 fully saturated rings. The summed E-state index contributed by atoms with van der Waals surface area (Å²) in [7, 11) is -2.25. The molecule has 0 aliphatic carbocycles. The number of carbonyl (C=O) groups is 1. The molecule has 0 spiro atoms. The molecule has 1 amide bonds. The third-order valence-electron chi connectivity index (χ3n) is 4.72. The topological polar surface area (TPSA) is 75.7 Å². The van der Waals surface area contributed by atoms with Gasteiger partial charge >= 0.3 is 0 Å². The highest BCUT2D eigenvalue weighted by Crippen LogP contribution is 2.40. The van der Waals surface area contributed by atoms with Crippen molar-refractivity contribution in [3.63, 3.8) is 0 Å². The number of amides is 1. The minimum Gasteiger partial charge on any atom is -0.497 e. The van der Waals surface area contributed by atoms with Gasteiger partial charge in [0.15, 0.2) is 0 Å². The molecule has 27 heavy (non-hydrogen) atoms. The minimum absolute atomic E-state index is 0.0618. The van der Waals surface area contributed by atoms with Crippen molar-refractivity contribution in [3.05, 3.63) is 60.2 Å². The third-order valence-corrected chi connectivity index (χ3v) is 6.10. The first kappa shape index (κ1) is 17.4. The van der Waals surface area contributed by atoms with Gasteiger partial charge in [0, 0.05) is 22.9 Å². The van der Waals surface area contributed by atoms with Gasteiger partial charge in [-0.3, -0.25) is 9.52 Å². The number of benzene rings is 3. The van der Waals surface area contributed by atoms with Crippen LogP contribution < -0.4 is 14.4 Å². The van der Waals surface area contributed by atoms with Crippen LogP contribution in [0.1, 0.15) is 17.3 Å². The van der Waals surface area contributed by atoms with Crippen molar-refractivity contribution in [1.29, 1.82) is 0 Å². The van der Waals surface area contributed by atoms with Crippen LogP contribution in [0, 0.1) is 0 Å². The molecule has 0 bridgehead atoms. The van der Waals surface area contributed by atoms with E-state index < -0.39 is 10.0 Å². The Morgan fingerprint density at radius 2 is 1.78 bits per heavy atom. The lowest BCUT2D eigenvalue weighted by Crippen LogP contribution is -2.25. The quantitative estimate of drug-likeness (QED) is 0.731. The van der Waals surface area contributed by atoms with Gasteiger partial charge in [0.25, 0.3) is 15.9 Å². The van der Waals surface area contributed by atoms with Crippen molar-refractivity contribution in [2.45, 2.75) is 11.8 Å². The van der Waals surface area contributed by atoms with Crippen LogP contribution in [-0.2, 0) is 10.0 Å². The maximum Gasteiger partial charge on any atom is 0.261 e. The zero-order valence-electron chi connectivity index (χ0n) is 14.9. The van der Waals surface area contributed by atoms with E-state index in [1.807, 2.05) is 13.0 Å². The molecule has 1 N–H and O–H groups in total. The molecular weight excluding hydrogens is 364 g/mol. The molecule has 0 unspecified atom stereocenters. The van der Waals surface area contributed by atoms with E-state index in [1.165, 1.54) is 19.2 Å². The first-order valence-electron chi connectivity index (χ1n) is 8.50. The number of sulfonamides is 1. The fourth-order valence-corrected chi connectivity index (χ4v) is 4.49. The molecule has 0 atom stereocenters. The number of rotatable bonds is 5. The molecule has 1 aliphatic heterocycles. The molecule has 138 valence electrons. The lowest BCUT2D eigenvalue weighted by molar-refractivity contribution is 0.0994. The number of ether oxygens (including phenoxy) is 1. The first-order valence-corrected chi connectivity index (χ1v) is 9.99. The normalized spacial score (nSPS) is 13.3. The number of nitrogens with one attached hydrogen (secondary N) is 1. The lowest BCUT2D eigenvalue weighted by Gasteiger charge is -2.16. The molecule has 0 aromatic heterocycles. The van der Waals surface area contributed by atoms with Crippen LogP contribution in [0.5, 0.6) is 5.75 Å². The van der Waals surface area contributed by atoms with Crippen molar-refractivity contribution in [3.8, 4) is 5.75 Å². The fraction of sp³-hybridized carbons (Fsp3) is 0.150. The standard InChI is InChI=1S/C20H18N2O4S/c1-3-22-18-12-11-17(15-5-4-6-16(19(15)18)20(22)23)21-27(24,25)14-9-7-13(26-2)8-10-14/h4-12,21H,3H2,1-2H3. The maximum atomic E-state index is 12.8. The summed E-state index contributed by atoms with van der Waals surface area (Å²) in [4.78, 5) is 14.4. The summed E-state index contributed by atoms with van der Waals surface area (Å²) in [6, 6.07) is 15.0. The Morgan fingerprint density at radius 1 is 1.04 bits per heavy atom. The van der Waals surface area contributed by atoms with Gasteiger partial charge in [0.1, 0.15) is 5.75 Å². The minimum atomic E-state index is -3.77. The average molecular weight is 382 g/mol. The second-order valence-electron chi connectivity index (χ2n) is 6.19. The highest BCUT2D eigenvalue weighted by Gasteiger charge is 2.29. The van der Waals surface area contributed by atoms with Gasteiger partial charge in [-0.05, 0) is 49.4 Å². The van der Waals surface area contributed by atoms with Crippen LogP contribution in [0.4, 0.5) is 11.4 Å². The fourth-order valence-electron chi connectivity index (χ4n) is 3.41. The van der Waals surface area contributed by atoms with E-state index >= 15 is 0 Å². The average Bonchev–Trinajstić information content (AvgIpc) is 2.96. The largest absolute Gasteiger partial charge is 0.497 e. The molecule has 1 heterocycles. The van der Waals surface area contributed by atoms with E-state index in [2.05, 4.69) is 4.72 Å². The summed E-state index contributed by atoms with van der Waals surface area (Å²) in [6.07, 6.45) is 0. The highest BCUT2D eigenvalue weighted by molar-refractivity contribution is 7.92. The smallest absolute Gasteiger partial charge is 0.261 e. The Kier molecular flexibility index (Phi) is 4.04. The Bertz CT molecular complexity index is 1150. The summed E-state index contributed by atoms with van der Waals surface area (Å²) in [6.45, 7) is 2.47. The molecule has 3 aromatic rings. The van der Waals surface area contributed by atoms with Gasteiger partial charge < -0.3 is 9.64 Å². The van der Waals surface area contributed by atoms with Crippen LogP contribution in [0.25, 0.3) is 10.8 Å². The van der Waals surface area contributed by atoms with E-state index in [0.29, 0.717) is 28.9 Å². The van der Waals surface area contributed by atoms with Crippen molar-refractivity contribution < 1.29 is 17.9 Å². The van der Waals surface area contributed by atoms with Gasteiger partial charge in [0.2, 0.25) is 0 Å². The molecule has 0 radical (unpaired) electrons. The van der Waals surface area contributed by atoms with E-state index in [1.54, 1.807) is 41.3 Å². The van der Waals surface area contributed by atoms with Crippen LogP contribution in [0.3, 0.4) is 0 Å². The van der Waals surface area contributed by atoms with Gasteiger partial charge in [-0.2, -0.15) is 0 Å². The lowest BCUT2D eigenvalue weighted by atomic mass is 10.0. The van der Waals surface area contributed by atoms with Crippen molar-refractivity contribution >= 4 is 38.1 Å². The van der Waals surface area contributed by atoms with E-state index in [-0.39, 0.29) is 10.8 Å². The molecule has 0 saturated carbocycles. The van der Waals surface area contributed by atoms with Gasteiger partial charge in [-0.1, -0.05) is 12.1 Å². The van der Waals surface area contributed by atoms with E-state index in [0.717, 1.165) is 11.1 Å². The van der Waals surface area contributed by atoms with Gasteiger partial charge in [0.05, 0.1) is 23.4 Å². The van der Waals surface area contributed by atoms with E-state index in [4.69, 9.17) is 4.74 Å². The number of methoxy groups -OCH3 is 1. The summed E-state index contributed by atoms with van der Waals surface area (Å²) in [5.74, 6) is 0.519.